The van der Waals surface area contributed by atoms with Gasteiger partial charge in [-0.25, -0.2) is 0 Å². The second-order valence-electron chi connectivity index (χ2n) is 4.13. The maximum absolute atomic E-state index is 9.64. The number of rotatable bonds is 2. The van der Waals surface area contributed by atoms with Crippen molar-refractivity contribution in [2.24, 2.45) is 0 Å². The van der Waals surface area contributed by atoms with Crippen LogP contribution in [0.3, 0.4) is 0 Å². The van der Waals surface area contributed by atoms with Crippen LogP contribution in [0.4, 0.5) is 0 Å². The van der Waals surface area contributed by atoms with Crippen molar-refractivity contribution in [1.82, 2.24) is 9.80 Å². The highest BCUT2D eigenvalue weighted by Crippen LogP contribution is 2.17. The van der Waals surface area contributed by atoms with Gasteiger partial charge in [0.2, 0.25) is 0 Å². The number of phenolic OH excluding ortho intramolecular Hbond substituents is 1. The van der Waals surface area contributed by atoms with Gasteiger partial charge in [0.25, 0.3) is 0 Å². The molecule has 1 fully saturated rings. The Morgan fingerprint density at radius 3 is 2.73 bits per heavy atom. The van der Waals surface area contributed by atoms with E-state index < -0.39 is 0 Å². The maximum Gasteiger partial charge on any atom is 0.120 e. The van der Waals surface area contributed by atoms with Crippen LogP contribution in [0, 0.1) is 6.07 Å². The molecule has 15 heavy (non-hydrogen) atoms. The number of piperazine rings is 1. The van der Waals surface area contributed by atoms with Gasteiger partial charge in [-0.3, -0.25) is 4.90 Å². The standard InChI is InChI=1S/C12H17N2O/c1-13-6-8-14(9-7-13)10-11-4-2-3-5-12(11)15/h3-5,15H,6-10H2,1H3. The molecule has 1 aliphatic heterocycles. The van der Waals surface area contributed by atoms with E-state index in [1.54, 1.807) is 12.1 Å². The minimum Gasteiger partial charge on any atom is -0.508 e. The third-order valence-electron chi connectivity index (χ3n) is 2.91. The van der Waals surface area contributed by atoms with Crippen molar-refractivity contribution in [1.29, 1.82) is 0 Å². The molecule has 2 rings (SSSR count). The molecule has 0 amide bonds. The Balaban J connectivity index is 1.95. The zero-order valence-electron chi connectivity index (χ0n) is 9.11. The number of hydrogen-bond acceptors (Lipinski definition) is 3. The van der Waals surface area contributed by atoms with Crippen LogP contribution in [-0.4, -0.2) is 48.1 Å². The van der Waals surface area contributed by atoms with Gasteiger partial charge in [0.05, 0.1) is 0 Å². The van der Waals surface area contributed by atoms with Crippen molar-refractivity contribution in [3.05, 3.63) is 29.8 Å². The minimum absolute atomic E-state index is 0.382. The van der Waals surface area contributed by atoms with Gasteiger partial charge in [-0.05, 0) is 25.2 Å². The van der Waals surface area contributed by atoms with Gasteiger partial charge in [-0.15, -0.1) is 0 Å². The van der Waals surface area contributed by atoms with E-state index in [4.69, 9.17) is 0 Å². The Morgan fingerprint density at radius 2 is 2.07 bits per heavy atom. The molecule has 0 saturated carbocycles. The van der Waals surface area contributed by atoms with Crippen molar-refractivity contribution in [3.63, 3.8) is 0 Å². The number of likely N-dealkylation sites (N-methyl/N-ethyl adjacent to an activating group) is 1. The molecule has 1 saturated heterocycles. The predicted octanol–water partition coefficient (Wildman–Crippen LogP) is 0.940. The molecule has 3 heteroatoms. The lowest BCUT2D eigenvalue weighted by Gasteiger charge is -2.32. The zero-order valence-corrected chi connectivity index (χ0v) is 9.11. The first kappa shape index (κ1) is 10.5. The summed E-state index contributed by atoms with van der Waals surface area (Å²) >= 11 is 0. The van der Waals surface area contributed by atoms with Crippen molar-refractivity contribution in [2.45, 2.75) is 6.54 Å². The van der Waals surface area contributed by atoms with Crippen molar-refractivity contribution in [2.75, 3.05) is 33.2 Å². The van der Waals surface area contributed by atoms with Gasteiger partial charge in [0, 0.05) is 38.3 Å². The molecule has 1 heterocycles. The van der Waals surface area contributed by atoms with Crippen LogP contribution in [0.5, 0.6) is 5.75 Å². The van der Waals surface area contributed by atoms with Crippen LogP contribution in [0.2, 0.25) is 0 Å². The smallest absolute Gasteiger partial charge is 0.120 e. The number of phenols is 1. The summed E-state index contributed by atoms with van der Waals surface area (Å²) in [6.07, 6.45) is 0. The predicted molar refractivity (Wildman–Crippen MR) is 59.7 cm³/mol. The van der Waals surface area contributed by atoms with Crippen molar-refractivity contribution < 1.29 is 5.11 Å². The van der Waals surface area contributed by atoms with E-state index in [1.807, 2.05) is 6.07 Å². The van der Waals surface area contributed by atoms with Gasteiger partial charge in [-0.2, -0.15) is 0 Å². The van der Waals surface area contributed by atoms with Gasteiger partial charge in [0.15, 0.2) is 0 Å². The highest BCUT2D eigenvalue weighted by Gasteiger charge is 2.14. The first-order valence-electron chi connectivity index (χ1n) is 5.34. The summed E-state index contributed by atoms with van der Waals surface area (Å²) in [5.74, 6) is 0.382. The molecule has 0 atom stereocenters. The number of hydrogen-bond donors (Lipinski definition) is 1. The Labute approximate surface area is 90.9 Å². The highest BCUT2D eigenvalue weighted by atomic mass is 16.3. The summed E-state index contributed by atoms with van der Waals surface area (Å²) in [6, 6.07) is 8.31. The quantitative estimate of drug-likeness (QED) is 0.778. The van der Waals surface area contributed by atoms with E-state index in [9.17, 15) is 5.11 Å². The fourth-order valence-corrected chi connectivity index (χ4v) is 1.83. The maximum atomic E-state index is 9.64. The topological polar surface area (TPSA) is 26.7 Å². The SMILES string of the molecule is CN1CCN(Cc2c[c]ccc2O)CC1. The summed E-state index contributed by atoms with van der Waals surface area (Å²) in [7, 11) is 2.14. The summed E-state index contributed by atoms with van der Waals surface area (Å²) in [6.45, 7) is 5.20. The fraction of sp³-hybridized carbons (Fsp3) is 0.500. The molecule has 0 aromatic heterocycles. The van der Waals surface area contributed by atoms with Gasteiger partial charge in [0.1, 0.15) is 5.75 Å². The third kappa shape index (κ3) is 2.70. The molecule has 1 aromatic rings. The van der Waals surface area contributed by atoms with Crippen LogP contribution >= 0.6 is 0 Å². The lowest BCUT2D eigenvalue weighted by Crippen LogP contribution is -2.43. The van der Waals surface area contributed by atoms with E-state index in [1.165, 1.54) is 0 Å². The normalized spacial score (nSPS) is 19.3. The number of nitrogens with zero attached hydrogens (tertiary/aromatic N) is 2. The molecule has 1 aliphatic rings. The Kier molecular flexibility index (Phi) is 3.23. The largest absolute Gasteiger partial charge is 0.508 e. The van der Waals surface area contributed by atoms with E-state index in [2.05, 4.69) is 22.9 Å². The summed E-state index contributed by atoms with van der Waals surface area (Å²) in [4.78, 5) is 4.69. The molecule has 1 N–H and O–H groups in total. The Morgan fingerprint density at radius 1 is 1.33 bits per heavy atom. The summed E-state index contributed by atoms with van der Waals surface area (Å²) in [5.41, 5.74) is 0.974. The fourth-order valence-electron chi connectivity index (χ4n) is 1.83. The Bertz CT molecular complexity index is 319. The van der Waals surface area contributed by atoms with E-state index >= 15 is 0 Å². The summed E-state index contributed by atoms with van der Waals surface area (Å²) < 4.78 is 0. The average molecular weight is 205 g/mol. The highest BCUT2D eigenvalue weighted by molar-refractivity contribution is 5.31. The molecule has 0 spiro atoms. The zero-order chi connectivity index (χ0) is 10.7. The van der Waals surface area contributed by atoms with Crippen LogP contribution < -0.4 is 0 Å². The first-order valence-corrected chi connectivity index (χ1v) is 5.34. The van der Waals surface area contributed by atoms with Crippen LogP contribution in [0.15, 0.2) is 18.2 Å². The van der Waals surface area contributed by atoms with E-state index in [-0.39, 0.29) is 0 Å². The van der Waals surface area contributed by atoms with E-state index in [0.29, 0.717) is 5.75 Å². The van der Waals surface area contributed by atoms with Gasteiger partial charge >= 0.3 is 0 Å². The van der Waals surface area contributed by atoms with Crippen LogP contribution in [-0.2, 0) is 6.54 Å². The summed E-state index contributed by atoms with van der Waals surface area (Å²) in [5, 5.41) is 9.64. The lowest BCUT2D eigenvalue weighted by atomic mass is 10.2. The molecule has 1 radical (unpaired) electrons. The second-order valence-corrected chi connectivity index (χ2v) is 4.13. The van der Waals surface area contributed by atoms with Crippen molar-refractivity contribution in [3.8, 4) is 5.75 Å². The van der Waals surface area contributed by atoms with Crippen LogP contribution in [0.25, 0.3) is 0 Å². The molecule has 1 aromatic carbocycles. The molecule has 3 nitrogen and oxygen atoms in total. The van der Waals surface area contributed by atoms with Gasteiger partial charge < -0.3 is 10.0 Å². The molecule has 0 bridgehead atoms. The monoisotopic (exact) mass is 205 g/mol. The molecule has 0 unspecified atom stereocenters. The minimum atomic E-state index is 0.382. The van der Waals surface area contributed by atoms with E-state index in [0.717, 1.165) is 38.3 Å². The number of benzene rings is 1. The number of aromatic hydroxyl groups is 1. The first-order chi connectivity index (χ1) is 7.25. The third-order valence-corrected chi connectivity index (χ3v) is 2.91. The van der Waals surface area contributed by atoms with Gasteiger partial charge in [-0.1, -0.05) is 6.07 Å². The van der Waals surface area contributed by atoms with Crippen LogP contribution in [0.1, 0.15) is 5.56 Å². The molecular formula is C12H17N2O. The molecule has 0 aliphatic carbocycles. The average Bonchev–Trinajstić information content (AvgIpc) is 2.25. The lowest BCUT2D eigenvalue weighted by molar-refractivity contribution is 0.147. The Hall–Kier alpha value is -1.06. The molecular weight excluding hydrogens is 188 g/mol. The molecule has 81 valence electrons. The van der Waals surface area contributed by atoms with Crippen molar-refractivity contribution >= 4 is 0 Å². The second kappa shape index (κ2) is 4.64.